The second kappa shape index (κ2) is 5.01. The molecule has 0 spiro atoms. The first kappa shape index (κ1) is 13.3. The molecular weight excluding hydrogens is 270 g/mol. The number of hydrogen-bond donors (Lipinski definition) is 1. The second-order valence-electron chi connectivity index (χ2n) is 4.86. The summed E-state index contributed by atoms with van der Waals surface area (Å²) in [5, 5.41) is 9.47. The number of aromatic nitrogens is 1. The van der Waals surface area contributed by atoms with E-state index in [4.69, 9.17) is 4.42 Å². The number of carbonyl (C=O) groups is 1. The van der Waals surface area contributed by atoms with Crippen molar-refractivity contribution in [1.82, 2.24) is 4.98 Å². The Kier molecular flexibility index (Phi) is 3.17. The van der Waals surface area contributed by atoms with E-state index in [1.54, 1.807) is 6.07 Å². The van der Waals surface area contributed by atoms with E-state index in [2.05, 4.69) is 4.98 Å². The summed E-state index contributed by atoms with van der Waals surface area (Å²) >= 11 is 0. The predicted octanol–water partition coefficient (Wildman–Crippen LogP) is 2.98. The average Bonchev–Trinajstić information content (AvgIpc) is 2.44. The normalized spacial score (nSPS) is 11.1. The number of aromatic hydroxyl groups is 1. The van der Waals surface area contributed by atoms with E-state index in [-0.39, 0.29) is 28.3 Å². The van der Waals surface area contributed by atoms with Crippen molar-refractivity contribution < 1.29 is 14.3 Å². The molecule has 0 bridgehead atoms. The van der Waals surface area contributed by atoms with Gasteiger partial charge in [-0.05, 0) is 24.6 Å². The van der Waals surface area contributed by atoms with Crippen LogP contribution >= 0.6 is 0 Å². The zero-order valence-corrected chi connectivity index (χ0v) is 11.4. The number of fused-ring (bicyclic) bond motifs is 2. The Morgan fingerprint density at radius 2 is 2.10 bits per heavy atom. The third-order valence-electron chi connectivity index (χ3n) is 3.22. The fourth-order valence-corrected chi connectivity index (χ4v) is 2.27. The maximum absolute atomic E-state index is 12.1. The molecule has 5 heteroatoms. The average molecular weight is 283 g/mol. The van der Waals surface area contributed by atoms with Crippen LogP contribution in [0, 0.1) is 0 Å². The minimum atomic E-state index is -0.299. The van der Waals surface area contributed by atoms with Crippen molar-refractivity contribution in [3.05, 3.63) is 46.1 Å². The van der Waals surface area contributed by atoms with Crippen molar-refractivity contribution >= 4 is 16.9 Å². The molecule has 0 amide bonds. The van der Waals surface area contributed by atoms with E-state index in [1.807, 2.05) is 6.92 Å². The molecule has 1 N–H and O–H groups in total. The minimum absolute atomic E-state index is 0.0490. The quantitative estimate of drug-likeness (QED) is 0.590. The number of phenolic OH excluding ortho intramolecular Hbond substituents is 1. The van der Waals surface area contributed by atoms with Crippen LogP contribution in [0.5, 0.6) is 5.75 Å². The first-order valence-corrected chi connectivity index (χ1v) is 6.69. The van der Waals surface area contributed by atoms with Gasteiger partial charge in [0.1, 0.15) is 17.0 Å². The Balaban J connectivity index is 2.33. The van der Waals surface area contributed by atoms with E-state index in [9.17, 15) is 14.7 Å². The predicted molar refractivity (Wildman–Crippen MR) is 77.8 cm³/mol. The monoisotopic (exact) mass is 283 g/mol. The molecule has 1 aliphatic carbocycles. The van der Waals surface area contributed by atoms with E-state index in [1.165, 1.54) is 24.3 Å². The van der Waals surface area contributed by atoms with E-state index in [0.717, 1.165) is 0 Å². The van der Waals surface area contributed by atoms with Crippen LogP contribution in [0.4, 0.5) is 0 Å². The van der Waals surface area contributed by atoms with Gasteiger partial charge >= 0.3 is 0 Å². The fourth-order valence-electron chi connectivity index (χ4n) is 2.27. The van der Waals surface area contributed by atoms with Gasteiger partial charge in [0.2, 0.25) is 0 Å². The Morgan fingerprint density at radius 1 is 1.29 bits per heavy atom. The highest BCUT2D eigenvalue weighted by Gasteiger charge is 2.19. The Bertz CT molecular complexity index is 866. The van der Waals surface area contributed by atoms with Gasteiger partial charge in [0.25, 0.3) is 0 Å². The molecule has 0 saturated carbocycles. The number of hydrogen-bond acceptors (Lipinski definition) is 5. The van der Waals surface area contributed by atoms with Gasteiger partial charge in [0.05, 0.1) is 5.56 Å². The van der Waals surface area contributed by atoms with Crippen LogP contribution in [0.25, 0.3) is 22.6 Å². The Morgan fingerprint density at radius 3 is 2.86 bits per heavy atom. The van der Waals surface area contributed by atoms with E-state index >= 15 is 0 Å². The van der Waals surface area contributed by atoms with Crippen LogP contribution in [-0.2, 0) is 0 Å². The lowest BCUT2D eigenvalue weighted by molar-refractivity contribution is 0.0982. The van der Waals surface area contributed by atoms with Crippen LogP contribution in [-0.4, -0.2) is 15.9 Å². The third kappa shape index (κ3) is 2.38. The summed E-state index contributed by atoms with van der Waals surface area (Å²) < 4.78 is 5.60. The maximum atomic E-state index is 12.1. The molecule has 1 aromatic rings. The number of rotatable bonds is 3. The molecular formula is C16H13NO4. The fraction of sp³-hybridized carbons (Fsp3) is 0.188. The molecule has 0 aromatic heterocycles. The van der Waals surface area contributed by atoms with Crippen LogP contribution in [0.15, 0.2) is 39.5 Å². The second-order valence-corrected chi connectivity index (χ2v) is 4.86. The van der Waals surface area contributed by atoms with Crippen molar-refractivity contribution in [3.63, 3.8) is 0 Å². The summed E-state index contributed by atoms with van der Waals surface area (Å²) in [5.74, 6) is 0.175. The van der Waals surface area contributed by atoms with Gasteiger partial charge in [0, 0.05) is 18.6 Å². The lowest BCUT2D eigenvalue weighted by Crippen LogP contribution is -2.10. The highest BCUT2D eigenvalue weighted by molar-refractivity contribution is 6.01. The number of Topliss-reactive ketones (excluding diaryl/α,β-unsaturated/α-hetero) is 1. The number of carbonyl (C=O) groups excluding carboxylic acids is 1. The zero-order valence-electron chi connectivity index (χ0n) is 11.4. The molecule has 0 saturated heterocycles. The summed E-state index contributed by atoms with van der Waals surface area (Å²) in [6.07, 6.45) is 1.05. The van der Waals surface area contributed by atoms with E-state index in [0.29, 0.717) is 29.6 Å². The summed E-state index contributed by atoms with van der Waals surface area (Å²) in [7, 11) is 0. The molecule has 21 heavy (non-hydrogen) atoms. The summed E-state index contributed by atoms with van der Waals surface area (Å²) in [6, 6.07) is 7.12. The molecule has 1 aliphatic heterocycles. The number of phenols is 1. The topological polar surface area (TPSA) is 80.4 Å². The van der Waals surface area contributed by atoms with Crippen molar-refractivity contribution in [2.24, 2.45) is 0 Å². The highest BCUT2D eigenvalue weighted by atomic mass is 16.3. The van der Waals surface area contributed by atoms with Crippen molar-refractivity contribution in [3.8, 4) is 17.2 Å². The molecule has 0 atom stereocenters. The van der Waals surface area contributed by atoms with Crippen LogP contribution in [0.3, 0.4) is 0 Å². The zero-order chi connectivity index (χ0) is 15.0. The van der Waals surface area contributed by atoms with Crippen LogP contribution in [0.1, 0.15) is 30.1 Å². The molecule has 1 aromatic carbocycles. The molecule has 3 rings (SSSR count). The van der Waals surface area contributed by atoms with Gasteiger partial charge in [-0.3, -0.25) is 9.59 Å². The highest BCUT2D eigenvalue weighted by Crippen LogP contribution is 2.29. The standard InChI is InChI=1S/C16H13NO4/c1-2-3-13(20)11-6-10(19)8-15-16(11)17-12-5-4-9(18)7-14(12)21-15/h4-8,18H,2-3H2,1H3. The summed E-state index contributed by atoms with van der Waals surface area (Å²) in [5.41, 5.74) is 1.25. The number of ketones is 1. The molecule has 106 valence electrons. The molecule has 5 nitrogen and oxygen atoms in total. The van der Waals surface area contributed by atoms with Crippen molar-refractivity contribution in [1.29, 1.82) is 0 Å². The molecule has 0 radical (unpaired) electrons. The lowest BCUT2D eigenvalue weighted by Gasteiger charge is -2.10. The van der Waals surface area contributed by atoms with Gasteiger partial charge in [-0.2, -0.15) is 0 Å². The van der Waals surface area contributed by atoms with Gasteiger partial charge in [-0.1, -0.05) is 6.92 Å². The van der Waals surface area contributed by atoms with Crippen LogP contribution in [0.2, 0.25) is 0 Å². The summed E-state index contributed by atoms with van der Waals surface area (Å²) in [6.45, 7) is 1.90. The number of nitrogens with zero attached hydrogens (tertiary/aromatic N) is 1. The van der Waals surface area contributed by atoms with Gasteiger partial charge < -0.3 is 9.52 Å². The summed E-state index contributed by atoms with van der Waals surface area (Å²) in [4.78, 5) is 28.3. The lowest BCUT2D eigenvalue weighted by atomic mass is 10.0. The molecule has 2 aliphatic rings. The molecule has 0 unspecified atom stereocenters. The largest absolute Gasteiger partial charge is 0.508 e. The minimum Gasteiger partial charge on any atom is -0.508 e. The van der Waals surface area contributed by atoms with E-state index < -0.39 is 0 Å². The maximum Gasteiger partial charge on any atom is 0.183 e. The van der Waals surface area contributed by atoms with Crippen molar-refractivity contribution in [2.75, 3.05) is 0 Å². The smallest absolute Gasteiger partial charge is 0.183 e. The van der Waals surface area contributed by atoms with Gasteiger partial charge in [-0.15, -0.1) is 0 Å². The molecule has 1 heterocycles. The Hall–Kier alpha value is -2.69. The van der Waals surface area contributed by atoms with Crippen molar-refractivity contribution in [2.45, 2.75) is 19.8 Å². The third-order valence-corrected chi connectivity index (χ3v) is 3.22. The van der Waals surface area contributed by atoms with Gasteiger partial charge in [0.15, 0.2) is 22.6 Å². The molecule has 0 fully saturated rings. The first-order chi connectivity index (χ1) is 10.1. The first-order valence-electron chi connectivity index (χ1n) is 6.69. The number of benzene rings is 2. The van der Waals surface area contributed by atoms with Gasteiger partial charge in [-0.25, -0.2) is 4.98 Å². The van der Waals surface area contributed by atoms with Crippen LogP contribution < -0.4 is 5.43 Å². The SMILES string of the molecule is CCCC(=O)c1cc(=O)cc2oc3cc(O)ccc3nc1-2. The Labute approximate surface area is 120 Å².